The van der Waals surface area contributed by atoms with Crippen LogP contribution in [0.4, 0.5) is 4.79 Å². The maximum Gasteiger partial charge on any atom is 0.407 e. The number of hydrogen-bond donors (Lipinski definition) is 2. The van der Waals surface area contributed by atoms with Gasteiger partial charge in [0.1, 0.15) is 12.1 Å². The molecule has 3 fully saturated rings. The largest absolute Gasteiger partial charge is 0.479 e. The van der Waals surface area contributed by atoms with Crippen molar-refractivity contribution in [2.24, 2.45) is 17.8 Å². The summed E-state index contributed by atoms with van der Waals surface area (Å²) in [4.78, 5) is 38.7. The van der Waals surface area contributed by atoms with E-state index in [2.05, 4.69) is 29.6 Å². The predicted molar refractivity (Wildman–Crippen MR) is 129 cm³/mol. The summed E-state index contributed by atoms with van der Waals surface area (Å²) < 4.78 is 5.70. The first-order chi connectivity index (χ1) is 16.9. The normalized spacial score (nSPS) is 27.1. The van der Waals surface area contributed by atoms with Gasteiger partial charge in [-0.3, -0.25) is 4.79 Å². The highest BCUT2D eigenvalue weighted by Crippen LogP contribution is 2.51. The van der Waals surface area contributed by atoms with Crippen molar-refractivity contribution in [2.75, 3.05) is 13.7 Å². The van der Waals surface area contributed by atoms with Gasteiger partial charge in [-0.05, 0) is 66.2 Å². The van der Waals surface area contributed by atoms with E-state index in [9.17, 15) is 19.5 Å². The molecule has 0 spiro atoms. The first-order valence-corrected chi connectivity index (χ1v) is 12.5. The lowest BCUT2D eigenvalue weighted by molar-refractivity contribution is -0.152. The van der Waals surface area contributed by atoms with Gasteiger partial charge in [-0.1, -0.05) is 48.5 Å². The van der Waals surface area contributed by atoms with Gasteiger partial charge in [-0.2, -0.15) is 0 Å². The third-order valence-corrected chi connectivity index (χ3v) is 8.91. The number of amides is 2. The minimum atomic E-state index is -1.00. The molecule has 0 bridgehead atoms. The molecule has 0 heterocycles. The molecule has 1 unspecified atom stereocenters. The van der Waals surface area contributed by atoms with Crippen LogP contribution in [0.2, 0.25) is 0 Å². The Hall–Kier alpha value is -3.35. The van der Waals surface area contributed by atoms with Crippen molar-refractivity contribution >= 4 is 18.0 Å². The second-order valence-electron chi connectivity index (χ2n) is 10.6. The summed E-state index contributed by atoms with van der Waals surface area (Å²) in [7, 11) is 1.62. The summed E-state index contributed by atoms with van der Waals surface area (Å²) in [5.74, 6) is -0.478. The standard InChI is InChI=1S/C28H30N2O5/c1-30(28(10-11-28)26(32)33)25(31)17-12-16-14-24(22(16)13-17)29-27(34)35-15-23-20-8-4-2-6-18(20)19-7-3-5-9-21(19)23/h2-9,16-17,22-24H,10-15H2,1H3,(H,29,34)(H,32,33)/t16-,17?,22-,24+/m1/s1. The number of hydrogen-bond acceptors (Lipinski definition) is 4. The van der Waals surface area contributed by atoms with Gasteiger partial charge in [-0.25, -0.2) is 9.59 Å². The van der Waals surface area contributed by atoms with E-state index in [0.717, 1.165) is 12.8 Å². The van der Waals surface area contributed by atoms with Gasteiger partial charge >= 0.3 is 12.1 Å². The SMILES string of the molecule is CN(C(=O)C1C[C@@H]2C[C@H](NC(=O)OCC3c4ccccc4-c4ccccc43)[C@@H]2C1)C1(C(=O)O)CC1. The zero-order chi connectivity index (χ0) is 24.3. The van der Waals surface area contributed by atoms with Crippen LogP contribution in [0.1, 0.15) is 49.1 Å². The topological polar surface area (TPSA) is 95.9 Å². The lowest BCUT2D eigenvalue weighted by Crippen LogP contribution is -2.50. The third kappa shape index (κ3) is 3.51. The number of ether oxygens (including phenoxy) is 1. The average Bonchev–Trinajstić information content (AvgIpc) is 3.52. The first kappa shape index (κ1) is 22.1. The first-order valence-electron chi connectivity index (χ1n) is 12.5. The summed E-state index contributed by atoms with van der Waals surface area (Å²) in [5.41, 5.74) is 3.75. The van der Waals surface area contributed by atoms with Crippen LogP contribution in [0.5, 0.6) is 0 Å². The number of carboxylic acid groups (broad SMARTS) is 1. The van der Waals surface area contributed by atoms with Crippen LogP contribution in [-0.4, -0.2) is 53.2 Å². The van der Waals surface area contributed by atoms with Crippen LogP contribution < -0.4 is 5.32 Å². The van der Waals surface area contributed by atoms with E-state index in [1.165, 1.54) is 27.2 Å². The van der Waals surface area contributed by atoms with Crippen LogP contribution in [0.15, 0.2) is 48.5 Å². The summed E-state index contributed by atoms with van der Waals surface area (Å²) >= 11 is 0. The Bertz CT molecular complexity index is 1160. The molecule has 182 valence electrons. The summed E-state index contributed by atoms with van der Waals surface area (Å²) in [6, 6.07) is 16.5. The maximum absolute atomic E-state index is 13.0. The highest BCUT2D eigenvalue weighted by Gasteiger charge is 2.58. The number of carboxylic acids is 1. The van der Waals surface area contributed by atoms with E-state index >= 15 is 0 Å². The Morgan fingerprint density at radius 3 is 2.23 bits per heavy atom. The number of rotatable bonds is 6. The second-order valence-corrected chi connectivity index (χ2v) is 10.6. The third-order valence-electron chi connectivity index (χ3n) is 8.91. The molecule has 4 atom stereocenters. The van der Waals surface area contributed by atoms with Crippen LogP contribution >= 0.6 is 0 Å². The Labute approximate surface area is 204 Å². The van der Waals surface area contributed by atoms with Crippen LogP contribution in [0.3, 0.4) is 0 Å². The van der Waals surface area contributed by atoms with Crippen molar-refractivity contribution in [1.82, 2.24) is 10.2 Å². The van der Waals surface area contributed by atoms with Crippen molar-refractivity contribution in [3.8, 4) is 11.1 Å². The Balaban J connectivity index is 1.04. The monoisotopic (exact) mass is 474 g/mol. The smallest absolute Gasteiger partial charge is 0.407 e. The minimum Gasteiger partial charge on any atom is -0.479 e. The van der Waals surface area contributed by atoms with Crippen molar-refractivity contribution < 1.29 is 24.2 Å². The summed E-state index contributed by atoms with van der Waals surface area (Å²) in [6.45, 7) is 0.282. The molecule has 4 aliphatic carbocycles. The van der Waals surface area contributed by atoms with E-state index in [1.54, 1.807) is 7.05 Å². The number of alkyl carbamates (subject to hydrolysis) is 1. The van der Waals surface area contributed by atoms with Gasteiger partial charge in [0.15, 0.2) is 0 Å². The molecule has 2 aromatic carbocycles. The van der Waals surface area contributed by atoms with Crippen molar-refractivity contribution in [1.29, 1.82) is 0 Å². The van der Waals surface area contributed by atoms with E-state index in [1.807, 2.05) is 24.3 Å². The number of benzene rings is 2. The number of likely N-dealkylation sites (N-methyl/N-ethyl adjacent to an activating group) is 1. The van der Waals surface area contributed by atoms with Crippen molar-refractivity contribution in [2.45, 2.75) is 49.6 Å². The molecule has 0 radical (unpaired) electrons. The van der Waals surface area contributed by atoms with Crippen molar-refractivity contribution in [3.05, 3.63) is 59.7 Å². The Morgan fingerprint density at radius 2 is 1.63 bits per heavy atom. The van der Waals surface area contributed by atoms with Gasteiger partial charge in [-0.15, -0.1) is 0 Å². The molecule has 0 aliphatic heterocycles. The van der Waals surface area contributed by atoms with Gasteiger partial charge in [0.05, 0.1) is 0 Å². The molecule has 7 heteroatoms. The molecule has 6 rings (SSSR count). The van der Waals surface area contributed by atoms with Crippen LogP contribution in [-0.2, 0) is 14.3 Å². The minimum absolute atomic E-state index is 0.00751. The zero-order valence-corrected chi connectivity index (χ0v) is 19.8. The van der Waals surface area contributed by atoms with Gasteiger partial charge in [0, 0.05) is 24.9 Å². The second kappa shape index (κ2) is 8.11. The van der Waals surface area contributed by atoms with Gasteiger partial charge < -0.3 is 20.1 Å². The molecule has 2 N–H and O–H groups in total. The van der Waals surface area contributed by atoms with Crippen molar-refractivity contribution in [3.63, 3.8) is 0 Å². The number of nitrogens with zero attached hydrogens (tertiary/aromatic N) is 1. The van der Waals surface area contributed by atoms with Crippen LogP contribution in [0.25, 0.3) is 11.1 Å². The molecule has 7 nitrogen and oxygen atoms in total. The predicted octanol–water partition coefficient (Wildman–Crippen LogP) is 4.02. The van der Waals surface area contributed by atoms with E-state index < -0.39 is 17.6 Å². The number of carbonyl (C=O) groups excluding carboxylic acids is 2. The molecule has 3 saturated carbocycles. The summed E-state index contributed by atoms with van der Waals surface area (Å²) in [6.07, 6.45) is 2.94. The number of nitrogens with one attached hydrogen (secondary N) is 1. The van der Waals surface area contributed by atoms with E-state index in [0.29, 0.717) is 25.2 Å². The fourth-order valence-corrected chi connectivity index (χ4v) is 6.68. The van der Waals surface area contributed by atoms with Gasteiger partial charge in [0.25, 0.3) is 0 Å². The molecule has 2 aromatic rings. The molecule has 35 heavy (non-hydrogen) atoms. The lowest BCUT2D eigenvalue weighted by Gasteiger charge is -2.40. The van der Waals surface area contributed by atoms with E-state index in [-0.39, 0.29) is 36.3 Å². The summed E-state index contributed by atoms with van der Waals surface area (Å²) in [5, 5.41) is 12.5. The zero-order valence-electron chi connectivity index (χ0n) is 19.8. The molecule has 0 saturated heterocycles. The Morgan fingerprint density at radius 1 is 1.00 bits per heavy atom. The number of fused-ring (bicyclic) bond motifs is 4. The molecular formula is C28H30N2O5. The maximum atomic E-state index is 13.0. The fourth-order valence-electron chi connectivity index (χ4n) is 6.68. The highest BCUT2D eigenvalue weighted by atomic mass is 16.5. The molecule has 2 amide bonds. The molecular weight excluding hydrogens is 444 g/mol. The fraction of sp³-hybridized carbons (Fsp3) is 0.464. The van der Waals surface area contributed by atoms with E-state index in [4.69, 9.17) is 4.74 Å². The van der Waals surface area contributed by atoms with Gasteiger partial charge in [0.2, 0.25) is 5.91 Å². The molecule has 4 aliphatic rings. The lowest BCUT2D eigenvalue weighted by atomic mass is 9.71. The Kier molecular flexibility index (Phi) is 5.13. The number of aliphatic carboxylic acids is 1. The quantitative estimate of drug-likeness (QED) is 0.659. The average molecular weight is 475 g/mol. The number of carbonyl (C=O) groups is 3. The molecule has 0 aromatic heterocycles. The highest BCUT2D eigenvalue weighted by molar-refractivity contribution is 5.90. The van der Waals surface area contributed by atoms with Crippen LogP contribution in [0, 0.1) is 17.8 Å².